The average molecular weight is 523 g/mol. The third kappa shape index (κ3) is 4.92. The van der Waals surface area contributed by atoms with E-state index in [1.807, 2.05) is 16.8 Å². The van der Waals surface area contributed by atoms with Gasteiger partial charge in [-0.15, -0.1) is 11.8 Å². The lowest BCUT2D eigenvalue weighted by Gasteiger charge is -2.39. The van der Waals surface area contributed by atoms with Gasteiger partial charge in [0.2, 0.25) is 5.91 Å². The topological polar surface area (TPSA) is 117 Å². The summed E-state index contributed by atoms with van der Waals surface area (Å²) in [6.45, 7) is 0. The van der Waals surface area contributed by atoms with Crippen molar-refractivity contribution in [3.8, 4) is 0 Å². The number of aromatic nitrogens is 1. The van der Waals surface area contributed by atoms with Crippen LogP contribution in [0.3, 0.4) is 0 Å². The van der Waals surface area contributed by atoms with E-state index in [-0.39, 0.29) is 18.0 Å². The van der Waals surface area contributed by atoms with Gasteiger partial charge in [-0.3, -0.25) is 14.3 Å². The van der Waals surface area contributed by atoms with E-state index >= 15 is 0 Å². The van der Waals surface area contributed by atoms with Crippen molar-refractivity contribution in [2.75, 3.05) is 11.8 Å². The van der Waals surface area contributed by atoms with Gasteiger partial charge in [0.15, 0.2) is 5.78 Å². The zero-order valence-corrected chi connectivity index (χ0v) is 20.4. The van der Waals surface area contributed by atoms with Gasteiger partial charge in [0.05, 0.1) is 10.7 Å². The van der Waals surface area contributed by atoms with Crippen molar-refractivity contribution in [2.45, 2.75) is 22.1 Å². The van der Waals surface area contributed by atoms with E-state index in [4.69, 9.17) is 11.6 Å². The molecular formula is C21H19ClN4O4S3. The molecule has 12 heteroatoms. The van der Waals surface area contributed by atoms with Crippen molar-refractivity contribution in [1.29, 1.82) is 0 Å². The molecule has 3 N–H and O–H groups in total. The standard InChI is InChI=1S/C21H19ClN4O4S3/c1-23-33(29,30)26-18-8-4-7-17(24-18)21(13-9-10-31-12-13)11-15(27)19(20(28)25-21)32-16-6-3-2-5-14(16)22/h2-10,12,19,23H,11H2,1H3,(H,24,26)(H,25,28). The smallest absolute Gasteiger partial charge is 0.300 e. The number of anilines is 1. The van der Waals surface area contributed by atoms with Gasteiger partial charge in [-0.2, -0.15) is 19.8 Å². The molecular weight excluding hydrogens is 504 g/mol. The quantitative estimate of drug-likeness (QED) is 0.410. The molecule has 2 aromatic heterocycles. The number of hydrogen-bond donors (Lipinski definition) is 3. The summed E-state index contributed by atoms with van der Waals surface area (Å²) in [6.07, 6.45) is -0.0488. The maximum Gasteiger partial charge on any atom is 0.300 e. The fraction of sp³-hybridized carbons (Fsp3) is 0.190. The Morgan fingerprint density at radius 2 is 1.97 bits per heavy atom. The molecule has 1 saturated heterocycles. The van der Waals surface area contributed by atoms with Gasteiger partial charge in [-0.1, -0.05) is 29.8 Å². The van der Waals surface area contributed by atoms with Crippen LogP contribution in [0.1, 0.15) is 17.7 Å². The number of thiophene rings is 1. The number of amides is 1. The molecule has 1 aromatic carbocycles. The van der Waals surface area contributed by atoms with E-state index < -0.39 is 26.9 Å². The summed E-state index contributed by atoms with van der Waals surface area (Å²) < 4.78 is 28.3. The number of thioether (sulfide) groups is 1. The predicted molar refractivity (Wildman–Crippen MR) is 130 cm³/mol. The number of benzene rings is 1. The minimum absolute atomic E-state index is 0.0488. The summed E-state index contributed by atoms with van der Waals surface area (Å²) in [5.41, 5.74) is -0.191. The lowest BCUT2D eigenvalue weighted by Crippen LogP contribution is -2.58. The molecule has 1 fully saturated rings. The number of nitrogens with zero attached hydrogens (tertiary/aromatic N) is 1. The normalized spacial score (nSPS) is 21.0. The van der Waals surface area contributed by atoms with E-state index in [1.54, 1.807) is 36.4 Å². The maximum absolute atomic E-state index is 13.3. The molecule has 0 saturated carbocycles. The molecule has 3 heterocycles. The van der Waals surface area contributed by atoms with Crippen molar-refractivity contribution in [2.24, 2.45) is 0 Å². The van der Waals surface area contributed by atoms with Gasteiger partial charge >= 0.3 is 0 Å². The molecule has 172 valence electrons. The zero-order valence-electron chi connectivity index (χ0n) is 17.2. The number of carbonyl (C=O) groups excluding carboxylic acids is 2. The molecule has 3 aromatic rings. The number of halogens is 1. The van der Waals surface area contributed by atoms with Crippen LogP contribution >= 0.6 is 34.7 Å². The number of hydrogen-bond acceptors (Lipinski definition) is 7. The number of carbonyl (C=O) groups is 2. The fourth-order valence-electron chi connectivity index (χ4n) is 3.51. The Morgan fingerprint density at radius 1 is 1.18 bits per heavy atom. The van der Waals surface area contributed by atoms with Gasteiger partial charge < -0.3 is 5.32 Å². The molecule has 0 aliphatic carbocycles. The molecule has 4 rings (SSSR count). The highest BCUT2D eigenvalue weighted by atomic mass is 35.5. The highest BCUT2D eigenvalue weighted by Crippen LogP contribution is 2.41. The van der Waals surface area contributed by atoms with Gasteiger partial charge in [-0.05, 0) is 46.7 Å². The van der Waals surface area contributed by atoms with Crippen LogP contribution in [0, 0.1) is 0 Å². The Bertz CT molecular complexity index is 1280. The molecule has 1 aliphatic rings. The second-order valence-electron chi connectivity index (χ2n) is 7.20. The average Bonchev–Trinajstić information content (AvgIpc) is 3.33. The van der Waals surface area contributed by atoms with E-state index in [0.717, 1.165) is 11.8 Å². The maximum atomic E-state index is 13.3. The first kappa shape index (κ1) is 23.7. The summed E-state index contributed by atoms with van der Waals surface area (Å²) in [6, 6.07) is 13.6. The van der Waals surface area contributed by atoms with Crippen LogP contribution in [0.5, 0.6) is 0 Å². The number of piperidine rings is 1. The Labute approximate surface area is 204 Å². The van der Waals surface area contributed by atoms with Crippen LogP contribution in [0.4, 0.5) is 5.82 Å². The Hall–Kier alpha value is -2.44. The lowest BCUT2D eigenvalue weighted by atomic mass is 9.79. The minimum atomic E-state index is -3.79. The first-order valence-corrected chi connectivity index (χ1v) is 13.4. The predicted octanol–water partition coefficient (Wildman–Crippen LogP) is 3.17. The molecule has 8 nitrogen and oxygen atoms in total. The second kappa shape index (κ2) is 9.43. The zero-order chi connectivity index (χ0) is 23.6. The number of rotatable bonds is 7. The lowest BCUT2D eigenvalue weighted by molar-refractivity contribution is -0.133. The van der Waals surface area contributed by atoms with Crippen LogP contribution in [0.15, 0.2) is 64.2 Å². The van der Waals surface area contributed by atoms with Crippen molar-refractivity contribution >= 4 is 62.4 Å². The Morgan fingerprint density at radius 3 is 2.64 bits per heavy atom. The molecule has 0 radical (unpaired) electrons. The molecule has 0 spiro atoms. The number of ketones is 1. The van der Waals surface area contributed by atoms with E-state index in [0.29, 0.717) is 21.2 Å². The molecule has 1 aliphatic heterocycles. The third-order valence-electron chi connectivity index (χ3n) is 5.10. The molecule has 0 bridgehead atoms. The van der Waals surface area contributed by atoms with Crippen LogP contribution < -0.4 is 14.8 Å². The SMILES string of the molecule is CNS(=O)(=O)Nc1cccc(C2(c3ccsc3)CC(=O)C(Sc3ccccc3Cl)C(=O)N2)n1. The number of nitrogens with one attached hydrogen (secondary N) is 3. The number of pyridine rings is 1. The van der Waals surface area contributed by atoms with Crippen LogP contribution in [0.25, 0.3) is 0 Å². The van der Waals surface area contributed by atoms with E-state index in [2.05, 4.69) is 19.7 Å². The third-order valence-corrected chi connectivity index (χ3v) is 8.56. The first-order chi connectivity index (χ1) is 15.7. The van der Waals surface area contributed by atoms with Crippen LogP contribution in [-0.2, 0) is 25.3 Å². The second-order valence-corrected chi connectivity index (χ2v) is 11.1. The summed E-state index contributed by atoms with van der Waals surface area (Å²) in [5, 5.41) is 6.17. The fourth-order valence-corrected chi connectivity index (χ4v) is 5.97. The van der Waals surface area contributed by atoms with Crippen molar-refractivity contribution in [1.82, 2.24) is 15.0 Å². The van der Waals surface area contributed by atoms with E-state index in [1.165, 1.54) is 24.5 Å². The summed E-state index contributed by atoms with van der Waals surface area (Å²) in [5.74, 6) is -0.686. The van der Waals surface area contributed by atoms with Gasteiger partial charge in [0.25, 0.3) is 10.2 Å². The van der Waals surface area contributed by atoms with Crippen LogP contribution in [0.2, 0.25) is 5.02 Å². The minimum Gasteiger partial charge on any atom is -0.339 e. The van der Waals surface area contributed by atoms with Crippen LogP contribution in [-0.4, -0.2) is 37.4 Å². The van der Waals surface area contributed by atoms with Gasteiger partial charge in [0, 0.05) is 18.4 Å². The monoisotopic (exact) mass is 522 g/mol. The highest BCUT2D eigenvalue weighted by molar-refractivity contribution is 8.01. The Kier molecular flexibility index (Phi) is 6.78. The molecule has 2 atom stereocenters. The van der Waals surface area contributed by atoms with Gasteiger partial charge in [0.1, 0.15) is 16.6 Å². The van der Waals surface area contributed by atoms with Crippen molar-refractivity contribution in [3.63, 3.8) is 0 Å². The Balaban J connectivity index is 1.71. The summed E-state index contributed by atoms with van der Waals surface area (Å²) in [7, 11) is -2.52. The largest absolute Gasteiger partial charge is 0.339 e. The van der Waals surface area contributed by atoms with E-state index in [9.17, 15) is 18.0 Å². The summed E-state index contributed by atoms with van der Waals surface area (Å²) in [4.78, 5) is 31.6. The first-order valence-electron chi connectivity index (χ1n) is 9.71. The van der Waals surface area contributed by atoms with Crippen molar-refractivity contribution < 1.29 is 18.0 Å². The number of Topliss-reactive ketones (excluding diaryl/α,β-unsaturated/α-hetero) is 1. The summed E-state index contributed by atoms with van der Waals surface area (Å²) >= 11 is 8.74. The highest BCUT2D eigenvalue weighted by Gasteiger charge is 2.48. The van der Waals surface area contributed by atoms with Gasteiger partial charge in [-0.25, -0.2) is 9.71 Å². The molecule has 1 amide bonds. The molecule has 33 heavy (non-hydrogen) atoms. The van der Waals surface area contributed by atoms with Crippen molar-refractivity contribution in [3.05, 3.63) is 75.6 Å². The molecule has 2 unspecified atom stereocenters.